The molecule has 0 bridgehead atoms. The third-order valence-electron chi connectivity index (χ3n) is 4.26. The maximum absolute atomic E-state index is 12.2. The molecule has 0 saturated carbocycles. The number of hydrogen-bond donors (Lipinski definition) is 2. The SMILES string of the molecule is CCC(C)C(C)NC1CCc2ccccc2NC1=O. The summed E-state index contributed by atoms with van der Waals surface area (Å²) < 4.78 is 0. The Morgan fingerprint density at radius 3 is 2.84 bits per heavy atom. The van der Waals surface area contributed by atoms with Crippen LogP contribution in [0.25, 0.3) is 0 Å². The first-order chi connectivity index (χ1) is 9.11. The lowest BCUT2D eigenvalue weighted by Crippen LogP contribution is -2.46. The maximum atomic E-state index is 12.2. The smallest absolute Gasteiger partial charge is 0.241 e. The fraction of sp³-hybridized carbons (Fsp3) is 0.562. The molecule has 3 nitrogen and oxygen atoms in total. The van der Waals surface area contributed by atoms with Crippen molar-refractivity contribution in [3.63, 3.8) is 0 Å². The molecule has 1 heterocycles. The van der Waals surface area contributed by atoms with E-state index in [-0.39, 0.29) is 11.9 Å². The van der Waals surface area contributed by atoms with Crippen LogP contribution in [-0.2, 0) is 11.2 Å². The number of amides is 1. The number of anilines is 1. The summed E-state index contributed by atoms with van der Waals surface area (Å²) in [5.74, 6) is 0.679. The van der Waals surface area contributed by atoms with Gasteiger partial charge in [0.05, 0.1) is 6.04 Å². The van der Waals surface area contributed by atoms with Gasteiger partial charge in [0.15, 0.2) is 0 Å². The van der Waals surface area contributed by atoms with Crippen LogP contribution in [0.3, 0.4) is 0 Å². The van der Waals surface area contributed by atoms with Crippen molar-refractivity contribution < 1.29 is 4.79 Å². The van der Waals surface area contributed by atoms with Crippen molar-refractivity contribution in [1.82, 2.24) is 5.32 Å². The van der Waals surface area contributed by atoms with Gasteiger partial charge in [-0.05, 0) is 37.3 Å². The molecule has 0 radical (unpaired) electrons. The van der Waals surface area contributed by atoms with E-state index in [1.807, 2.05) is 18.2 Å². The lowest BCUT2D eigenvalue weighted by molar-refractivity contribution is -0.118. The molecule has 0 aliphatic carbocycles. The number of hydrogen-bond acceptors (Lipinski definition) is 2. The number of para-hydroxylation sites is 1. The van der Waals surface area contributed by atoms with E-state index in [9.17, 15) is 4.79 Å². The average Bonchev–Trinajstić information content (AvgIpc) is 2.57. The van der Waals surface area contributed by atoms with E-state index >= 15 is 0 Å². The Bertz CT molecular complexity index is 444. The minimum Gasteiger partial charge on any atom is -0.324 e. The van der Waals surface area contributed by atoms with Gasteiger partial charge in [0.25, 0.3) is 0 Å². The van der Waals surface area contributed by atoms with Crippen LogP contribution in [0.1, 0.15) is 39.2 Å². The molecule has 0 saturated heterocycles. The molecule has 0 aromatic heterocycles. The summed E-state index contributed by atoms with van der Waals surface area (Å²) in [5.41, 5.74) is 2.20. The molecule has 19 heavy (non-hydrogen) atoms. The number of rotatable bonds is 4. The van der Waals surface area contributed by atoms with Gasteiger partial charge in [-0.1, -0.05) is 38.5 Å². The summed E-state index contributed by atoms with van der Waals surface area (Å²) >= 11 is 0. The number of fused-ring (bicyclic) bond motifs is 1. The highest BCUT2D eigenvalue weighted by atomic mass is 16.2. The second kappa shape index (κ2) is 6.20. The zero-order valence-corrected chi connectivity index (χ0v) is 12.1. The molecule has 3 atom stereocenters. The largest absolute Gasteiger partial charge is 0.324 e. The zero-order chi connectivity index (χ0) is 13.8. The highest BCUT2D eigenvalue weighted by Gasteiger charge is 2.25. The molecule has 2 rings (SSSR count). The van der Waals surface area contributed by atoms with E-state index < -0.39 is 0 Å². The van der Waals surface area contributed by atoms with Gasteiger partial charge in [0.2, 0.25) is 5.91 Å². The molecule has 1 aliphatic heterocycles. The Morgan fingerprint density at radius 1 is 1.37 bits per heavy atom. The number of nitrogens with one attached hydrogen (secondary N) is 2. The van der Waals surface area contributed by atoms with Crippen LogP contribution in [0, 0.1) is 5.92 Å². The fourth-order valence-electron chi connectivity index (χ4n) is 2.51. The highest BCUT2D eigenvalue weighted by Crippen LogP contribution is 2.22. The van der Waals surface area contributed by atoms with Crippen molar-refractivity contribution in [3.8, 4) is 0 Å². The van der Waals surface area contributed by atoms with Crippen LogP contribution in [0.2, 0.25) is 0 Å². The standard InChI is InChI=1S/C16H24N2O/c1-4-11(2)12(3)17-15-10-9-13-7-5-6-8-14(13)18-16(15)19/h5-8,11-12,15,17H,4,9-10H2,1-3H3,(H,18,19). The van der Waals surface area contributed by atoms with Crippen LogP contribution in [0.5, 0.6) is 0 Å². The van der Waals surface area contributed by atoms with E-state index in [1.54, 1.807) is 0 Å². The molecular formula is C16H24N2O. The first kappa shape index (κ1) is 14.1. The van der Waals surface area contributed by atoms with Gasteiger partial charge in [0, 0.05) is 11.7 Å². The summed E-state index contributed by atoms with van der Waals surface area (Å²) in [5, 5.41) is 6.52. The third-order valence-corrected chi connectivity index (χ3v) is 4.26. The topological polar surface area (TPSA) is 41.1 Å². The normalized spacial score (nSPS) is 22.1. The minimum atomic E-state index is -0.0867. The molecule has 1 aromatic rings. The second-order valence-corrected chi connectivity index (χ2v) is 5.58. The first-order valence-electron chi connectivity index (χ1n) is 7.26. The molecule has 3 heteroatoms. The van der Waals surface area contributed by atoms with Crippen molar-refractivity contribution in [1.29, 1.82) is 0 Å². The predicted octanol–water partition coefficient (Wildman–Crippen LogP) is 2.96. The predicted molar refractivity (Wildman–Crippen MR) is 79.2 cm³/mol. The average molecular weight is 260 g/mol. The number of benzene rings is 1. The van der Waals surface area contributed by atoms with E-state index in [0.29, 0.717) is 12.0 Å². The van der Waals surface area contributed by atoms with E-state index in [1.165, 1.54) is 5.56 Å². The van der Waals surface area contributed by atoms with Crippen molar-refractivity contribution in [3.05, 3.63) is 29.8 Å². The van der Waals surface area contributed by atoms with E-state index in [0.717, 1.165) is 24.9 Å². The zero-order valence-electron chi connectivity index (χ0n) is 12.1. The lowest BCUT2D eigenvalue weighted by Gasteiger charge is -2.25. The Balaban J connectivity index is 2.04. The quantitative estimate of drug-likeness (QED) is 0.874. The summed E-state index contributed by atoms with van der Waals surface area (Å²) in [6.45, 7) is 6.58. The molecule has 1 aromatic carbocycles. The molecule has 0 spiro atoms. The Kier molecular flexibility index (Phi) is 4.59. The van der Waals surface area contributed by atoms with Crippen molar-refractivity contribution >= 4 is 11.6 Å². The number of carbonyl (C=O) groups is 1. The fourth-order valence-corrected chi connectivity index (χ4v) is 2.51. The van der Waals surface area contributed by atoms with Gasteiger partial charge in [-0.3, -0.25) is 4.79 Å². The molecule has 0 fully saturated rings. The Hall–Kier alpha value is -1.35. The monoisotopic (exact) mass is 260 g/mol. The number of carbonyl (C=O) groups excluding carboxylic acids is 1. The number of aryl methyl sites for hydroxylation is 1. The van der Waals surface area contributed by atoms with Gasteiger partial charge in [0.1, 0.15) is 0 Å². The van der Waals surface area contributed by atoms with Crippen LogP contribution in [0.15, 0.2) is 24.3 Å². The highest BCUT2D eigenvalue weighted by molar-refractivity contribution is 5.96. The summed E-state index contributed by atoms with van der Waals surface area (Å²) in [4.78, 5) is 12.2. The van der Waals surface area contributed by atoms with Crippen molar-refractivity contribution in [2.75, 3.05) is 5.32 Å². The van der Waals surface area contributed by atoms with Gasteiger partial charge in [-0.2, -0.15) is 0 Å². The molecule has 3 unspecified atom stereocenters. The van der Waals surface area contributed by atoms with Gasteiger partial charge in [-0.15, -0.1) is 0 Å². The van der Waals surface area contributed by atoms with Crippen LogP contribution < -0.4 is 10.6 Å². The van der Waals surface area contributed by atoms with E-state index in [4.69, 9.17) is 0 Å². The molecule has 1 amide bonds. The maximum Gasteiger partial charge on any atom is 0.241 e. The first-order valence-corrected chi connectivity index (χ1v) is 7.26. The van der Waals surface area contributed by atoms with E-state index in [2.05, 4.69) is 37.5 Å². The Morgan fingerprint density at radius 2 is 2.11 bits per heavy atom. The Labute approximate surface area is 115 Å². The van der Waals surface area contributed by atoms with Crippen LogP contribution >= 0.6 is 0 Å². The summed E-state index contributed by atoms with van der Waals surface area (Å²) in [7, 11) is 0. The molecular weight excluding hydrogens is 236 g/mol. The molecule has 2 N–H and O–H groups in total. The summed E-state index contributed by atoms with van der Waals surface area (Å²) in [6, 6.07) is 8.34. The van der Waals surface area contributed by atoms with Crippen molar-refractivity contribution in [2.24, 2.45) is 5.92 Å². The van der Waals surface area contributed by atoms with Crippen molar-refractivity contribution in [2.45, 2.75) is 52.1 Å². The second-order valence-electron chi connectivity index (χ2n) is 5.58. The summed E-state index contributed by atoms with van der Waals surface area (Å²) in [6.07, 6.45) is 2.94. The van der Waals surface area contributed by atoms with Crippen LogP contribution in [0.4, 0.5) is 5.69 Å². The van der Waals surface area contributed by atoms with Crippen LogP contribution in [-0.4, -0.2) is 18.0 Å². The third kappa shape index (κ3) is 3.35. The van der Waals surface area contributed by atoms with Gasteiger partial charge >= 0.3 is 0 Å². The molecule has 104 valence electrons. The van der Waals surface area contributed by atoms with Gasteiger partial charge in [-0.25, -0.2) is 0 Å². The molecule has 1 aliphatic rings. The lowest BCUT2D eigenvalue weighted by atomic mass is 9.98. The minimum absolute atomic E-state index is 0.0867. The van der Waals surface area contributed by atoms with Gasteiger partial charge < -0.3 is 10.6 Å².